The van der Waals surface area contributed by atoms with Crippen LogP contribution >= 0.6 is 0 Å². The van der Waals surface area contributed by atoms with Crippen LogP contribution in [-0.4, -0.2) is 53.2 Å². The smallest absolute Gasteiger partial charge is 0.199 e. The van der Waals surface area contributed by atoms with E-state index in [-0.39, 0.29) is 16.4 Å². The van der Waals surface area contributed by atoms with Gasteiger partial charge in [-0.15, -0.1) is 0 Å². The van der Waals surface area contributed by atoms with E-state index in [2.05, 4.69) is 69.9 Å². The second-order valence-corrected chi connectivity index (χ2v) is 11.5. The molecule has 9 heteroatoms. The molecule has 0 spiro atoms. The van der Waals surface area contributed by atoms with Crippen LogP contribution in [0.15, 0.2) is 18.6 Å². The van der Waals surface area contributed by atoms with Gasteiger partial charge in [0.05, 0.1) is 6.20 Å². The summed E-state index contributed by atoms with van der Waals surface area (Å²) in [5.74, 6) is 2.65. The number of hydrogen-bond acceptors (Lipinski definition) is 7. The third kappa shape index (κ3) is 4.05. The molecule has 33 heavy (non-hydrogen) atoms. The van der Waals surface area contributed by atoms with Crippen molar-refractivity contribution in [3.05, 3.63) is 36.1 Å². The third-order valence-electron chi connectivity index (χ3n) is 5.67. The molecule has 0 aromatic carbocycles. The van der Waals surface area contributed by atoms with Crippen LogP contribution in [0, 0.1) is 0 Å². The fraction of sp³-hybridized carbons (Fsp3) is 0.583. The van der Waals surface area contributed by atoms with E-state index in [0.29, 0.717) is 12.1 Å². The van der Waals surface area contributed by atoms with Gasteiger partial charge in [0.1, 0.15) is 23.0 Å². The minimum absolute atomic E-state index is 0.107. The highest BCUT2D eigenvalue weighted by Crippen LogP contribution is 2.32. The first kappa shape index (κ1) is 23.1. The van der Waals surface area contributed by atoms with Crippen molar-refractivity contribution in [3.8, 4) is 0 Å². The molecule has 176 valence electrons. The second-order valence-electron chi connectivity index (χ2n) is 11.5. The van der Waals surface area contributed by atoms with Crippen LogP contribution in [0.3, 0.4) is 0 Å². The summed E-state index contributed by atoms with van der Waals surface area (Å²) in [6.07, 6.45) is 5.82. The number of fused-ring (bicyclic) bond motifs is 2. The molecule has 0 N–H and O–H groups in total. The van der Waals surface area contributed by atoms with Gasteiger partial charge in [0.15, 0.2) is 16.9 Å². The van der Waals surface area contributed by atoms with Gasteiger partial charge in [-0.3, -0.25) is 0 Å². The molecule has 0 radical (unpaired) electrons. The predicted octanol–water partition coefficient (Wildman–Crippen LogP) is 3.74. The molecule has 0 saturated heterocycles. The number of imidazole rings is 2. The fourth-order valence-corrected chi connectivity index (χ4v) is 4.22. The summed E-state index contributed by atoms with van der Waals surface area (Å²) < 4.78 is 4.27. The van der Waals surface area contributed by atoms with E-state index in [9.17, 15) is 0 Å². The van der Waals surface area contributed by atoms with Crippen molar-refractivity contribution in [1.29, 1.82) is 0 Å². The second kappa shape index (κ2) is 7.46. The quantitative estimate of drug-likeness (QED) is 0.469. The van der Waals surface area contributed by atoms with Gasteiger partial charge in [-0.1, -0.05) is 34.6 Å². The zero-order chi connectivity index (χ0) is 24.3. The average molecular weight is 450 g/mol. The Bertz CT molecular complexity index is 1310. The maximum atomic E-state index is 5.02. The molecule has 0 atom stereocenters. The molecule has 0 fully saturated rings. The molecule has 0 amide bonds. The molecule has 0 aliphatic heterocycles. The molecule has 9 nitrogen and oxygen atoms in total. The lowest BCUT2D eigenvalue weighted by Gasteiger charge is -2.29. The normalized spacial score (nSPS) is 13.3. The van der Waals surface area contributed by atoms with Crippen molar-refractivity contribution in [2.45, 2.75) is 78.2 Å². The molecule has 4 rings (SSSR count). The SMILES string of the molecule is CN(C)n1c(C(C)(C)Cc2ncc3nc(C(C)(C)C)n(C(C)(C)C)c3n2)nc2nccnc21. The molecule has 0 aliphatic carbocycles. The number of hydrogen-bond donors (Lipinski definition) is 0. The number of nitrogens with zero attached hydrogens (tertiary/aromatic N) is 9. The fourth-order valence-electron chi connectivity index (χ4n) is 4.22. The Labute approximate surface area is 195 Å². The maximum absolute atomic E-state index is 5.02. The summed E-state index contributed by atoms with van der Waals surface area (Å²) in [7, 11) is 3.96. The highest BCUT2D eigenvalue weighted by atomic mass is 15.6. The molecular formula is C24H35N9. The van der Waals surface area contributed by atoms with Crippen molar-refractivity contribution in [1.82, 2.24) is 39.1 Å². The summed E-state index contributed by atoms with van der Waals surface area (Å²) in [6, 6.07) is 0. The summed E-state index contributed by atoms with van der Waals surface area (Å²) in [5, 5.41) is 1.98. The molecule has 0 unspecified atom stereocenters. The zero-order valence-electron chi connectivity index (χ0n) is 21.5. The lowest BCUT2D eigenvalue weighted by Crippen LogP contribution is -2.34. The van der Waals surface area contributed by atoms with E-state index in [0.717, 1.165) is 34.3 Å². The third-order valence-corrected chi connectivity index (χ3v) is 5.67. The summed E-state index contributed by atoms with van der Waals surface area (Å²) >= 11 is 0. The minimum atomic E-state index is -0.361. The van der Waals surface area contributed by atoms with Crippen molar-refractivity contribution in [3.63, 3.8) is 0 Å². The molecule has 4 aromatic rings. The predicted molar refractivity (Wildman–Crippen MR) is 131 cm³/mol. The minimum Gasteiger partial charge on any atom is -0.316 e. The molecule has 4 aromatic heterocycles. The first-order valence-electron chi connectivity index (χ1n) is 11.3. The van der Waals surface area contributed by atoms with Gasteiger partial charge in [-0.25, -0.2) is 34.6 Å². The van der Waals surface area contributed by atoms with Gasteiger partial charge in [-0.2, -0.15) is 0 Å². The Hall–Kier alpha value is -3.10. The van der Waals surface area contributed by atoms with E-state index >= 15 is 0 Å². The van der Waals surface area contributed by atoms with Gasteiger partial charge in [0.2, 0.25) is 0 Å². The Morgan fingerprint density at radius 1 is 0.788 bits per heavy atom. The highest BCUT2D eigenvalue weighted by molar-refractivity contribution is 5.71. The Morgan fingerprint density at radius 3 is 2.06 bits per heavy atom. The largest absolute Gasteiger partial charge is 0.316 e. The van der Waals surface area contributed by atoms with Crippen LogP contribution in [-0.2, 0) is 22.8 Å². The van der Waals surface area contributed by atoms with Crippen molar-refractivity contribution in [2.75, 3.05) is 19.1 Å². The lowest BCUT2D eigenvalue weighted by molar-refractivity contribution is 0.362. The number of rotatable bonds is 4. The highest BCUT2D eigenvalue weighted by Gasteiger charge is 2.33. The van der Waals surface area contributed by atoms with Crippen LogP contribution in [0.1, 0.15) is 72.9 Å². The van der Waals surface area contributed by atoms with E-state index in [1.54, 1.807) is 12.4 Å². The van der Waals surface area contributed by atoms with E-state index in [1.165, 1.54) is 0 Å². The maximum Gasteiger partial charge on any atom is 0.199 e. The molecule has 0 aliphatic rings. The monoisotopic (exact) mass is 449 g/mol. The van der Waals surface area contributed by atoms with Crippen LogP contribution in [0.5, 0.6) is 0 Å². The van der Waals surface area contributed by atoms with Crippen LogP contribution < -0.4 is 5.01 Å². The van der Waals surface area contributed by atoms with E-state index in [4.69, 9.17) is 19.9 Å². The Morgan fingerprint density at radius 2 is 1.45 bits per heavy atom. The molecule has 0 saturated carbocycles. The Kier molecular flexibility index (Phi) is 5.22. The molecule has 4 heterocycles. The van der Waals surface area contributed by atoms with Crippen molar-refractivity contribution < 1.29 is 0 Å². The Balaban J connectivity index is 1.83. The van der Waals surface area contributed by atoms with Gasteiger partial charge in [0.25, 0.3) is 0 Å². The van der Waals surface area contributed by atoms with Gasteiger partial charge < -0.3 is 9.58 Å². The lowest BCUT2D eigenvalue weighted by atomic mass is 9.88. The first-order chi connectivity index (χ1) is 15.2. The van der Waals surface area contributed by atoms with Crippen LogP contribution in [0.2, 0.25) is 0 Å². The summed E-state index contributed by atoms with van der Waals surface area (Å²) in [5.41, 5.74) is 2.44. The van der Waals surface area contributed by atoms with Gasteiger partial charge in [-0.05, 0) is 20.8 Å². The molecular weight excluding hydrogens is 414 g/mol. The summed E-state index contributed by atoms with van der Waals surface area (Å²) in [4.78, 5) is 28.4. The standard InChI is InChI=1S/C24H35N9/c1-22(2,3)20-28-15-14-27-16(29-18(15)32(20)23(4,5)6)13-24(7,8)21-30-17-19(26-12-11-25-17)33(21)31(9)10/h11-12,14H,13H2,1-10H3. The van der Waals surface area contributed by atoms with E-state index < -0.39 is 0 Å². The van der Waals surface area contributed by atoms with Gasteiger partial charge in [0, 0.05) is 49.3 Å². The number of aromatic nitrogens is 8. The van der Waals surface area contributed by atoms with Crippen LogP contribution in [0.25, 0.3) is 22.5 Å². The molecule has 0 bridgehead atoms. The van der Waals surface area contributed by atoms with E-state index in [1.807, 2.05) is 30.0 Å². The van der Waals surface area contributed by atoms with Crippen molar-refractivity contribution >= 4 is 22.5 Å². The topological polar surface area (TPSA) is 90.4 Å². The summed E-state index contributed by atoms with van der Waals surface area (Å²) in [6.45, 7) is 17.4. The van der Waals surface area contributed by atoms with Crippen LogP contribution in [0.4, 0.5) is 0 Å². The average Bonchev–Trinajstić information content (AvgIpc) is 3.26. The zero-order valence-corrected chi connectivity index (χ0v) is 21.5. The first-order valence-corrected chi connectivity index (χ1v) is 11.3. The van der Waals surface area contributed by atoms with Crippen molar-refractivity contribution in [2.24, 2.45) is 0 Å². The van der Waals surface area contributed by atoms with Gasteiger partial charge >= 0.3 is 0 Å².